The Kier molecular flexibility index (Phi) is 5.96. The maximum absolute atomic E-state index is 12.4. The fourth-order valence-electron chi connectivity index (χ4n) is 2.55. The Morgan fingerprint density at radius 3 is 2.36 bits per heavy atom. The zero-order valence-electron chi connectivity index (χ0n) is 15.9. The fraction of sp³-hybridized carbons (Fsp3) is 0.143. The van der Waals surface area contributed by atoms with Crippen LogP contribution in [0.5, 0.6) is 17.2 Å². The molecule has 0 aliphatic carbocycles. The Labute approximate surface area is 163 Å². The van der Waals surface area contributed by atoms with Crippen LogP contribution in [0.25, 0.3) is 0 Å². The largest absolute Gasteiger partial charge is 0.497 e. The number of nitrogens with one attached hydrogen (secondary N) is 2. The molecule has 1 aromatic heterocycles. The first-order valence-electron chi connectivity index (χ1n) is 8.53. The van der Waals surface area contributed by atoms with Gasteiger partial charge in [0.05, 0.1) is 38.9 Å². The van der Waals surface area contributed by atoms with E-state index in [-0.39, 0.29) is 5.91 Å². The smallest absolute Gasteiger partial charge is 0.255 e. The number of pyridine rings is 1. The van der Waals surface area contributed by atoms with Gasteiger partial charge in [-0.05, 0) is 42.5 Å². The summed E-state index contributed by atoms with van der Waals surface area (Å²) in [5.41, 5.74) is 1.84. The lowest BCUT2D eigenvalue weighted by molar-refractivity contribution is 0.102. The van der Waals surface area contributed by atoms with Crippen molar-refractivity contribution in [2.24, 2.45) is 0 Å². The number of hydrogen-bond acceptors (Lipinski definition) is 6. The van der Waals surface area contributed by atoms with Crippen molar-refractivity contribution in [1.29, 1.82) is 0 Å². The second-order valence-corrected chi connectivity index (χ2v) is 5.81. The first kappa shape index (κ1) is 19.0. The Bertz CT molecular complexity index is 958. The van der Waals surface area contributed by atoms with Crippen LogP contribution in [0.1, 0.15) is 10.4 Å². The molecule has 3 aromatic rings. The van der Waals surface area contributed by atoms with E-state index in [4.69, 9.17) is 14.2 Å². The highest BCUT2D eigenvalue weighted by atomic mass is 16.5. The van der Waals surface area contributed by atoms with Gasteiger partial charge in [0.25, 0.3) is 5.91 Å². The predicted octanol–water partition coefficient (Wildman–Crippen LogP) is 4.10. The van der Waals surface area contributed by atoms with Crippen molar-refractivity contribution in [3.8, 4) is 17.2 Å². The van der Waals surface area contributed by atoms with Crippen molar-refractivity contribution >= 4 is 23.1 Å². The van der Waals surface area contributed by atoms with Gasteiger partial charge in [-0.3, -0.25) is 4.79 Å². The van der Waals surface area contributed by atoms with E-state index in [2.05, 4.69) is 15.6 Å². The molecule has 0 fully saturated rings. The fourth-order valence-corrected chi connectivity index (χ4v) is 2.55. The first-order chi connectivity index (χ1) is 13.6. The lowest BCUT2D eigenvalue weighted by Gasteiger charge is -2.12. The number of aromatic nitrogens is 1. The molecule has 0 aliphatic rings. The quantitative estimate of drug-likeness (QED) is 0.643. The van der Waals surface area contributed by atoms with Crippen LogP contribution in [-0.4, -0.2) is 32.2 Å². The molecule has 0 unspecified atom stereocenters. The van der Waals surface area contributed by atoms with Crippen molar-refractivity contribution in [3.05, 3.63) is 66.4 Å². The molecule has 1 heterocycles. The Balaban J connectivity index is 1.69. The van der Waals surface area contributed by atoms with E-state index in [1.165, 1.54) is 0 Å². The topological polar surface area (TPSA) is 81.7 Å². The molecule has 7 heteroatoms. The third-order valence-electron chi connectivity index (χ3n) is 4.02. The zero-order chi connectivity index (χ0) is 19.9. The summed E-state index contributed by atoms with van der Waals surface area (Å²) in [4.78, 5) is 16.7. The zero-order valence-corrected chi connectivity index (χ0v) is 15.9. The normalized spacial score (nSPS) is 10.1. The molecule has 7 nitrogen and oxygen atoms in total. The monoisotopic (exact) mass is 379 g/mol. The molecule has 2 aromatic carbocycles. The summed E-state index contributed by atoms with van der Waals surface area (Å²) in [7, 11) is 4.75. The van der Waals surface area contributed by atoms with E-state index in [9.17, 15) is 4.79 Å². The highest BCUT2D eigenvalue weighted by Crippen LogP contribution is 2.31. The summed E-state index contributed by atoms with van der Waals surface area (Å²) < 4.78 is 15.7. The van der Waals surface area contributed by atoms with E-state index in [0.29, 0.717) is 34.3 Å². The van der Waals surface area contributed by atoms with E-state index < -0.39 is 0 Å². The third-order valence-corrected chi connectivity index (χ3v) is 4.02. The lowest BCUT2D eigenvalue weighted by atomic mass is 10.2. The highest BCUT2D eigenvalue weighted by molar-refractivity contribution is 6.04. The molecule has 1 amide bonds. The number of nitrogens with zero attached hydrogens (tertiary/aromatic N) is 1. The molecule has 28 heavy (non-hydrogen) atoms. The van der Waals surface area contributed by atoms with Crippen LogP contribution < -0.4 is 24.8 Å². The third kappa shape index (κ3) is 4.50. The van der Waals surface area contributed by atoms with E-state index in [0.717, 1.165) is 5.69 Å². The number of carbonyl (C=O) groups excluding carboxylic acids is 1. The second-order valence-electron chi connectivity index (χ2n) is 5.81. The number of ether oxygens (including phenoxy) is 3. The second kappa shape index (κ2) is 8.77. The molecule has 0 bridgehead atoms. The number of rotatable bonds is 7. The van der Waals surface area contributed by atoms with Gasteiger partial charge in [-0.2, -0.15) is 0 Å². The Morgan fingerprint density at radius 1 is 0.893 bits per heavy atom. The number of benzene rings is 2. The van der Waals surface area contributed by atoms with Crippen LogP contribution in [0.3, 0.4) is 0 Å². The van der Waals surface area contributed by atoms with Crippen molar-refractivity contribution in [1.82, 2.24) is 4.98 Å². The Hall–Kier alpha value is -3.74. The van der Waals surface area contributed by atoms with E-state index in [1.807, 2.05) is 12.1 Å². The molecule has 2 N–H and O–H groups in total. The number of hydrogen-bond donors (Lipinski definition) is 2. The molecule has 0 aliphatic heterocycles. The van der Waals surface area contributed by atoms with Crippen molar-refractivity contribution in [3.63, 3.8) is 0 Å². The van der Waals surface area contributed by atoms with Gasteiger partial charge in [-0.25, -0.2) is 4.98 Å². The highest BCUT2D eigenvalue weighted by Gasteiger charge is 2.09. The number of amides is 1. The minimum Gasteiger partial charge on any atom is -0.497 e. The number of anilines is 3. The maximum atomic E-state index is 12.4. The van der Waals surface area contributed by atoms with Crippen molar-refractivity contribution < 1.29 is 19.0 Å². The van der Waals surface area contributed by atoms with Gasteiger partial charge in [0.15, 0.2) is 0 Å². The van der Waals surface area contributed by atoms with E-state index in [1.54, 1.807) is 70.0 Å². The first-order valence-corrected chi connectivity index (χ1v) is 8.53. The predicted molar refractivity (Wildman–Crippen MR) is 108 cm³/mol. The SMILES string of the molecule is COc1cccc(C(=O)Nc2ccc(Nc3ccc(OC)cc3OC)nc2)c1. The average Bonchev–Trinajstić information content (AvgIpc) is 2.75. The van der Waals surface area contributed by atoms with Gasteiger partial charge < -0.3 is 24.8 Å². The Morgan fingerprint density at radius 2 is 1.68 bits per heavy atom. The van der Waals surface area contributed by atoms with Crippen LogP contribution in [0.4, 0.5) is 17.2 Å². The average molecular weight is 379 g/mol. The minimum absolute atomic E-state index is 0.238. The van der Waals surface area contributed by atoms with Crippen molar-refractivity contribution in [2.75, 3.05) is 32.0 Å². The van der Waals surface area contributed by atoms with Crippen molar-refractivity contribution in [2.45, 2.75) is 0 Å². The summed E-state index contributed by atoms with van der Waals surface area (Å²) in [5, 5.41) is 5.99. The number of methoxy groups -OCH3 is 3. The van der Waals surface area contributed by atoms with E-state index >= 15 is 0 Å². The van der Waals surface area contributed by atoms with Gasteiger partial charge >= 0.3 is 0 Å². The van der Waals surface area contributed by atoms with Crippen LogP contribution in [-0.2, 0) is 0 Å². The molecule has 144 valence electrons. The summed E-state index contributed by atoms with van der Waals surface area (Å²) in [6.07, 6.45) is 1.58. The van der Waals surface area contributed by atoms with Gasteiger partial charge in [0, 0.05) is 11.6 Å². The van der Waals surface area contributed by atoms with Gasteiger partial charge in [-0.15, -0.1) is 0 Å². The van der Waals surface area contributed by atoms with Crippen LogP contribution in [0.2, 0.25) is 0 Å². The van der Waals surface area contributed by atoms with Crippen LogP contribution in [0, 0.1) is 0 Å². The number of carbonyl (C=O) groups is 1. The van der Waals surface area contributed by atoms with Gasteiger partial charge in [0.1, 0.15) is 23.1 Å². The molecule has 0 saturated carbocycles. The lowest BCUT2D eigenvalue weighted by Crippen LogP contribution is -2.12. The van der Waals surface area contributed by atoms with Crippen LogP contribution in [0.15, 0.2) is 60.8 Å². The molecular weight excluding hydrogens is 358 g/mol. The molecular formula is C21H21N3O4. The summed E-state index contributed by atoms with van der Waals surface area (Å²) in [6.45, 7) is 0. The van der Waals surface area contributed by atoms with Crippen LogP contribution >= 0.6 is 0 Å². The van der Waals surface area contributed by atoms with Gasteiger partial charge in [-0.1, -0.05) is 6.07 Å². The molecule has 0 saturated heterocycles. The molecule has 0 atom stereocenters. The van der Waals surface area contributed by atoms with Gasteiger partial charge in [0.2, 0.25) is 0 Å². The molecule has 3 rings (SSSR count). The summed E-state index contributed by atoms with van der Waals surface area (Å²) in [5.74, 6) is 2.34. The molecule has 0 radical (unpaired) electrons. The summed E-state index contributed by atoms with van der Waals surface area (Å²) in [6, 6.07) is 15.9. The standard InChI is InChI=1S/C21H21N3O4/c1-26-16-6-4-5-14(11-16)21(25)23-15-7-10-20(22-13-15)24-18-9-8-17(27-2)12-19(18)28-3/h4-13H,1-3H3,(H,22,24)(H,23,25). The molecule has 0 spiro atoms. The minimum atomic E-state index is -0.238. The summed E-state index contributed by atoms with van der Waals surface area (Å²) >= 11 is 0. The maximum Gasteiger partial charge on any atom is 0.255 e.